The predicted octanol–water partition coefficient (Wildman–Crippen LogP) is 2.20. The summed E-state index contributed by atoms with van der Waals surface area (Å²) in [6, 6.07) is 3.67. The molecule has 0 saturated carbocycles. The number of aryl methyl sites for hydroxylation is 1. The molecule has 0 atom stereocenters. The molecule has 0 unspecified atom stereocenters. The summed E-state index contributed by atoms with van der Waals surface area (Å²) in [7, 11) is -4.00. The number of benzene rings is 1. The molecule has 3 rings (SSSR count). The second-order valence-electron chi connectivity index (χ2n) is 8.28. The van der Waals surface area contributed by atoms with Crippen LogP contribution in [0.25, 0.3) is 0 Å². The van der Waals surface area contributed by atoms with Crippen LogP contribution in [0.4, 0.5) is 10.5 Å². The normalized spacial score (nSPS) is 20.2. The van der Waals surface area contributed by atoms with Gasteiger partial charge in [0, 0.05) is 43.6 Å². The summed E-state index contributed by atoms with van der Waals surface area (Å²) in [5, 5.41) is 11.0. The average molecular weight is 425 g/mol. The molecule has 1 spiro atoms. The molecule has 11 heteroatoms. The fraction of sp³-hybridized carbons (Fsp3) is 0.556. The lowest BCUT2D eigenvalue weighted by Crippen LogP contribution is -2.53. The van der Waals surface area contributed by atoms with E-state index in [1.807, 2.05) is 0 Å². The maximum absolute atomic E-state index is 13.1. The minimum absolute atomic E-state index is 0.0252. The molecule has 0 aliphatic carbocycles. The highest BCUT2D eigenvalue weighted by molar-refractivity contribution is 7.89. The van der Waals surface area contributed by atoms with Crippen molar-refractivity contribution in [1.82, 2.24) is 9.21 Å². The number of nitrogens with zero attached hydrogens (tertiary/aromatic N) is 3. The van der Waals surface area contributed by atoms with E-state index < -0.39 is 38.1 Å². The van der Waals surface area contributed by atoms with Crippen LogP contribution in [0.5, 0.6) is 0 Å². The zero-order chi connectivity index (χ0) is 21.8. The van der Waals surface area contributed by atoms with E-state index in [1.54, 1.807) is 27.7 Å². The fourth-order valence-electron chi connectivity index (χ4n) is 3.64. The standard InChI is InChI=1S/C18H23N3O7S/c1-12-5-6-13(21(24)25)11-14(12)29(26,27)19-9-7-18(8-10-19)15(22)20(16(23)28-18)17(2,3)4/h5-6,11H,7-10H2,1-4H3. The molecule has 2 aliphatic heterocycles. The minimum atomic E-state index is -4.00. The van der Waals surface area contributed by atoms with E-state index in [9.17, 15) is 28.1 Å². The Morgan fingerprint density at radius 3 is 2.24 bits per heavy atom. The van der Waals surface area contributed by atoms with Gasteiger partial charge < -0.3 is 4.74 Å². The van der Waals surface area contributed by atoms with Gasteiger partial charge in [-0.25, -0.2) is 18.1 Å². The summed E-state index contributed by atoms with van der Waals surface area (Å²) < 4.78 is 32.7. The summed E-state index contributed by atoms with van der Waals surface area (Å²) in [5.41, 5.74) is -2.05. The molecule has 2 saturated heterocycles. The van der Waals surface area contributed by atoms with Crippen molar-refractivity contribution in [3.05, 3.63) is 33.9 Å². The number of piperidine rings is 1. The van der Waals surface area contributed by atoms with Crippen LogP contribution in [0.2, 0.25) is 0 Å². The first kappa shape index (κ1) is 21.2. The zero-order valence-corrected chi connectivity index (χ0v) is 17.5. The lowest BCUT2D eigenvalue weighted by molar-refractivity contribution is -0.385. The molecular formula is C18H23N3O7S. The lowest BCUT2D eigenvalue weighted by Gasteiger charge is -2.36. The van der Waals surface area contributed by atoms with Gasteiger partial charge in [-0.2, -0.15) is 4.31 Å². The van der Waals surface area contributed by atoms with Gasteiger partial charge in [0.2, 0.25) is 10.0 Å². The molecule has 2 fully saturated rings. The Kier molecular flexibility index (Phi) is 4.94. The Hall–Kier alpha value is -2.53. The molecule has 0 aromatic heterocycles. The van der Waals surface area contributed by atoms with Crippen molar-refractivity contribution in [2.75, 3.05) is 13.1 Å². The second kappa shape index (κ2) is 6.77. The number of rotatable bonds is 3. The summed E-state index contributed by atoms with van der Waals surface area (Å²) >= 11 is 0. The molecule has 158 valence electrons. The van der Waals surface area contributed by atoms with Gasteiger partial charge in [-0.15, -0.1) is 0 Å². The largest absolute Gasteiger partial charge is 0.432 e. The highest BCUT2D eigenvalue weighted by Crippen LogP contribution is 2.39. The Bertz CT molecular complexity index is 989. The maximum atomic E-state index is 13.1. The number of sulfonamides is 1. The summed E-state index contributed by atoms with van der Waals surface area (Å²) in [6.45, 7) is 6.63. The molecule has 2 heterocycles. The van der Waals surface area contributed by atoms with Gasteiger partial charge >= 0.3 is 6.09 Å². The van der Waals surface area contributed by atoms with Crippen molar-refractivity contribution >= 4 is 27.7 Å². The van der Waals surface area contributed by atoms with Crippen LogP contribution in [-0.2, 0) is 19.6 Å². The van der Waals surface area contributed by atoms with Crippen molar-refractivity contribution in [1.29, 1.82) is 0 Å². The quantitative estimate of drug-likeness (QED) is 0.536. The van der Waals surface area contributed by atoms with Crippen molar-refractivity contribution in [2.24, 2.45) is 0 Å². The van der Waals surface area contributed by atoms with E-state index in [-0.39, 0.29) is 36.5 Å². The topological polar surface area (TPSA) is 127 Å². The highest BCUT2D eigenvalue weighted by atomic mass is 32.2. The van der Waals surface area contributed by atoms with Gasteiger partial charge in [-0.3, -0.25) is 14.9 Å². The fourth-order valence-corrected chi connectivity index (χ4v) is 5.33. The van der Waals surface area contributed by atoms with E-state index in [4.69, 9.17) is 4.74 Å². The third kappa shape index (κ3) is 3.48. The van der Waals surface area contributed by atoms with E-state index in [2.05, 4.69) is 0 Å². The van der Waals surface area contributed by atoms with E-state index >= 15 is 0 Å². The van der Waals surface area contributed by atoms with Crippen LogP contribution in [0.15, 0.2) is 23.1 Å². The van der Waals surface area contributed by atoms with E-state index in [0.717, 1.165) is 11.0 Å². The van der Waals surface area contributed by atoms with Gasteiger partial charge in [-0.1, -0.05) is 6.07 Å². The van der Waals surface area contributed by atoms with Gasteiger partial charge in [0.05, 0.1) is 9.82 Å². The maximum Gasteiger partial charge on any atom is 0.418 e. The smallest absolute Gasteiger partial charge is 0.418 e. The van der Waals surface area contributed by atoms with Crippen LogP contribution in [0.1, 0.15) is 39.2 Å². The SMILES string of the molecule is Cc1ccc([N+](=O)[O-])cc1S(=O)(=O)N1CCC2(CC1)OC(=O)N(C(C)(C)C)C2=O. The van der Waals surface area contributed by atoms with Crippen LogP contribution >= 0.6 is 0 Å². The molecule has 2 aliphatic rings. The molecule has 10 nitrogen and oxygen atoms in total. The second-order valence-corrected chi connectivity index (χ2v) is 10.2. The van der Waals surface area contributed by atoms with Gasteiger partial charge in [0.15, 0.2) is 5.60 Å². The highest BCUT2D eigenvalue weighted by Gasteiger charge is 2.58. The summed E-state index contributed by atoms with van der Waals surface area (Å²) in [4.78, 5) is 36.4. The molecular weight excluding hydrogens is 402 g/mol. The summed E-state index contributed by atoms with van der Waals surface area (Å²) in [6.07, 6.45) is -0.678. The molecule has 0 N–H and O–H groups in total. The third-order valence-electron chi connectivity index (χ3n) is 5.26. The van der Waals surface area contributed by atoms with Gasteiger partial charge in [0.25, 0.3) is 11.6 Å². The number of amides is 2. The first-order valence-electron chi connectivity index (χ1n) is 9.12. The molecule has 2 amide bonds. The number of ether oxygens (including phenoxy) is 1. The predicted molar refractivity (Wildman–Crippen MR) is 102 cm³/mol. The van der Waals surface area contributed by atoms with E-state index in [0.29, 0.717) is 5.56 Å². The van der Waals surface area contributed by atoms with E-state index in [1.165, 1.54) is 16.4 Å². The van der Waals surface area contributed by atoms with Crippen molar-refractivity contribution in [2.45, 2.75) is 56.6 Å². The first-order chi connectivity index (χ1) is 13.3. The Morgan fingerprint density at radius 1 is 1.17 bits per heavy atom. The number of imide groups is 1. The van der Waals surface area contributed by atoms with Crippen LogP contribution in [0, 0.1) is 17.0 Å². The Morgan fingerprint density at radius 2 is 1.76 bits per heavy atom. The number of hydrogen-bond acceptors (Lipinski definition) is 7. The van der Waals surface area contributed by atoms with Crippen molar-refractivity contribution in [3.8, 4) is 0 Å². The molecule has 1 aromatic rings. The minimum Gasteiger partial charge on any atom is -0.432 e. The zero-order valence-electron chi connectivity index (χ0n) is 16.7. The lowest BCUT2D eigenvalue weighted by atomic mass is 9.90. The van der Waals surface area contributed by atoms with Gasteiger partial charge in [-0.05, 0) is 33.3 Å². The first-order valence-corrected chi connectivity index (χ1v) is 10.6. The monoisotopic (exact) mass is 425 g/mol. The van der Waals surface area contributed by atoms with Crippen LogP contribution < -0.4 is 0 Å². The van der Waals surface area contributed by atoms with Crippen LogP contribution in [-0.4, -0.2) is 58.8 Å². The third-order valence-corrected chi connectivity index (χ3v) is 7.30. The number of hydrogen-bond donors (Lipinski definition) is 0. The van der Waals surface area contributed by atoms with Gasteiger partial charge in [0.1, 0.15) is 0 Å². The number of non-ortho nitro benzene ring substituents is 1. The van der Waals surface area contributed by atoms with Crippen molar-refractivity contribution < 1.29 is 27.7 Å². The molecule has 0 radical (unpaired) electrons. The van der Waals surface area contributed by atoms with Crippen LogP contribution in [0.3, 0.4) is 0 Å². The number of carbonyl (C=O) groups is 2. The number of nitro benzene ring substituents is 1. The summed E-state index contributed by atoms with van der Waals surface area (Å²) in [5.74, 6) is -0.460. The van der Waals surface area contributed by atoms with Crippen molar-refractivity contribution in [3.63, 3.8) is 0 Å². The molecule has 0 bridgehead atoms. The Labute approximate surface area is 168 Å². The molecule has 1 aromatic carbocycles. The Balaban J connectivity index is 1.84. The molecule has 29 heavy (non-hydrogen) atoms. The number of carbonyl (C=O) groups excluding carboxylic acids is 2. The average Bonchev–Trinajstić information content (AvgIpc) is 2.85. The number of nitro groups is 1.